The van der Waals surface area contributed by atoms with Crippen molar-refractivity contribution < 1.29 is 0 Å². The standard InChI is InChI=1S/C13H19N3S/c1-9-7-8-12(10(2)14-9)16-13(17)15-11-5-3-4-6-11/h7-8,11H,3-6H2,1-2H3,(H2,15,16,17). The van der Waals surface area contributed by atoms with Gasteiger partial charge in [-0.3, -0.25) is 4.98 Å². The van der Waals surface area contributed by atoms with Crippen molar-refractivity contribution in [1.82, 2.24) is 10.3 Å². The molecule has 0 saturated heterocycles. The second kappa shape index (κ2) is 5.45. The van der Waals surface area contributed by atoms with E-state index < -0.39 is 0 Å². The van der Waals surface area contributed by atoms with Gasteiger partial charge < -0.3 is 10.6 Å². The van der Waals surface area contributed by atoms with Gasteiger partial charge >= 0.3 is 0 Å². The maximum Gasteiger partial charge on any atom is 0.171 e. The first-order valence-electron chi connectivity index (χ1n) is 6.17. The Hall–Kier alpha value is -1.16. The maximum atomic E-state index is 5.32. The van der Waals surface area contributed by atoms with Gasteiger partial charge in [-0.05, 0) is 51.0 Å². The quantitative estimate of drug-likeness (QED) is 0.790. The smallest absolute Gasteiger partial charge is 0.171 e. The fourth-order valence-electron chi connectivity index (χ4n) is 2.23. The Morgan fingerprint density at radius 1 is 1.29 bits per heavy atom. The number of anilines is 1. The summed E-state index contributed by atoms with van der Waals surface area (Å²) in [5.74, 6) is 0. The Kier molecular flexibility index (Phi) is 3.94. The summed E-state index contributed by atoms with van der Waals surface area (Å²) in [7, 11) is 0. The lowest BCUT2D eigenvalue weighted by atomic mass is 10.2. The van der Waals surface area contributed by atoms with Crippen molar-refractivity contribution in [3.63, 3.8) is 0 Å². The molecule has 1 heterocycles. The molecule has 92 valence electrons. The molecule has 0 radical (unpaired) electrons. The van der Waals surface area contributed by atoms with Gasteiger partial charge in [-0.15, -0.1) is 0 Å². The highest BCUT2D eigenvalue weighted by molar-refractivity contribution is 7.80. The van der Waals surface area contributed by atoms with Crippen molar-refractivity contribution >= 4 is 23.0 Å². The van der Waals surface area contributed by atoms with Crippen LogP contribution < -0.4 is 10.6 Å². The second-order valence-electron chi connectivity index (χ2n) is 4.67. The minimum atomic E-state index is 0.550. The van der Waals surface area contributed by atoms with E-state index in [1.165, 1.54) is 25.7 Å². The van der Waals surface area contributed by atoms with E-state index in [4.69, 9.17) is 12.2 Å². The summed E-state index contributed by atoms with van der Waals surface area (Å²) in [5, 5.41) is 7.30. The van der Waals surface area contributed by atoms with E-state index in [0.29, 0.717) is 11.2 Å². The van der Waals surface area contributed by atoms with Crippen LogP contribution >= 0.6 is 12.2 Å². The van der Waals surface area contributed by atoms with Crippen LogP contribution in [0.5, 0.6) is 0 Å². The van der Waals surface area contributed by atoms with Crippen molar-refractivity contribution in [2.24, 2.45) is 0 Å². The lowest BCUT2D eigenvalue weighted by molar-refractivity contribution is 0.634. The summed E-state index contributed by atoms with van der Waals surface area (Å²) in [4.78, 5) is 4.41. The first-order chi connectivity index (χ1) is 8.15. The Balaban J connectivity index is 1.93. The summed E-state index contributed by atoms with van der Waals surface area (Å²) in [6, 6.07) is 4.57. The Morgan fingerprint density at radius 3 is 2.65 bits per heavy atom. The van der Waals surface area contributed by atoms with Crippen LogP contribution in [-0.4, -0.2) is 16.1 Å². The Bertz CT molecular complexity index is 411. The van der Waals surface area contributed by atoms with Crippen LogP contribution in [0.2, 0.25) is 0 Å². The maximum absolute atomic E-state index is 5.32. The highest BCUT2D eigenvalue weighted by Crippen LogP contribution is 2.18. The summed E-state index contributed by atoms with van der Waals surface area (Å²) in [5.41, 5.74) is 3.01. The highest BCUT2D eigenvalue weighted by atomic mass is 32.1. The molecule has 3 nitrogen and oxygen atoms in total. The average Bonchev–Trinajstić information content (AvgIpc) is 2.75. The first kappa shape index (κ1) is 12.3. The predicted molar refractivity (Wildman–Crippen MR) is 75.3 cm³/mol. The van der Waals surface area contributed by atoms with Crippen LogP contribution in [0.1, 0.15) is 37.1 Å². The molecule has 4 heteroatoms. The van der Waals surface area contributed by atoms with Crippen molar-refractivity contribution in [2.75, 3.05) is 5.32 Å². The minimum Gasteiger partial charge on any atom is -0.360 e. The number of aromatic nitrogens is 1. The molecule has 0 aliphatic heterocycles. The molecule has 1 fully saturated rings. The monoisotopic (exact) mass is 249 g/mol. The molecule has 17 heavy (non-hydrogen) atoms. The zero-order chi connectivity index (χ0) is 12.3. The van der Waals surface area contributed by atoms with Gasteiger partial charge in [0.05, 0.1) is 11.4 Å². The topological polar surface area (TPSA) is 37.0 Å². The van der Waals surface area contributed by atoms with Crippen molar-refractivity contribution in [3.05, 3.63) is 23.5 Å². The molecule has 0 atom stereocenters. The van der Waals surface area contributed by atoms with E-state index in [1.807, 2.05) is 26.0 Å². The van der Waals surface area contributed by atoms with E-state index in [1.54, 1.807) is 0 Å². The third-order valence-corrected chi connectivity index (χ3v) is 3.38. The van der Waals surface area contributed by atoms with Gasteiger partial charge in [-0.1, -0.05) is 12.8 Å². The number of pyridine rings is 1. The number of nitrogens with zero attached hydrogens (tertiary/aromatic N) is 1. The third kappa shape index (κ3) is 3.40. The van der Waals surface area contributed by atoms with Gasteiger partial charge in [0.2, 0.25) is 0 Å². The SMILES string of the molecule is Cc1ccc(NC(=S)NC2CCCC2)c(C)n1. The predicted octanol–water partition coefficient (Wildman–Crippen LogP) is 2.93. The lowest BCUT2D eigenvalue weighted by Crippen LogP contribution is -2.36. The van der Waals surface area contributed by atoms with Crippen LogP contribution in [-0.2, 0) is 0 Å². The molecule has 0 aromatic carbocycles. The van der Waals surface area contributed by atoms with Gasteiger partial charge in [0.15, 0.2) is 5.11 Å². The van der Waals surface area contributed by atoms with Crippen LogP contribution in [0, 0.1) is 13.8 Å². The van der Waals surface area contributed by atoms with Gasteiger partial charge in [-0.25, -0.2) is 0 Å². The van der Waals surface area contributed by atoms with Gasteiger partial charge in [0.25, 0.3) is 0 Å². The molecule has 1 aromatic rings. The fraction of sp³-hybridized carbons (Fsp3) is 0.538. The van der Waals surface area contributed by atoms with Crippen LogP contribution in [0.25, 0.3) is 0 Å². The first-order valence-corrected chi connectivity index (χ1v) is 6.58. The van der Waals surface area contributed by atoms with E-state index in [-0.39, 0.29) is 0 Å². The molecular formula is C13H19N3S. The number of thiocarbonyl (C=S) groups is 1. The molecule has 0 spiro atoms. The number of hydrogen-bond donors (Lipinski definition) is 2. The summed E-state index contributed by atoms with van der Waals surface area (Å²) < 4.78 is 0. The second-order valence-corrected chi connectivity index (χ2v) is 5.07. The summed E-state index contributed by atoms with van der Waals surface area (Å²) >= 11 is 5.32. The van der Waals surface area contributed by atoms with E-state index in [0.717, 1.165) is 17.1 Å². The third-order valence-electron chi connectivity index (χ3n) is 3.16. The summed E-state index contributed by atoms with van der Waals surface area (Å²) in [6.45, 7) is 3.99. The fourth-order valence-corrected chi connectivity index (χ4v) is 2.51. The zero-order valence-electron chi connectivity index (χ0n) is 10.4. The molecular weight excluding hydrogens is 230 g/mol. The van der Waals surface area contributed by atoms with Crippen molar-refractivity contribution in [3.8, 4) is 0 Å². The van der Waals surface area contributed by atoms with Crippen LogP contribution in [0.3, 0.4) is 0 Å². The number of nitrogens with one attached hydrogen (secondary N) is 2. The van der Waals surface area contributed by atoms with Crippen LogP contribution in [0.15, 0.2) is 12.1 Å². The highest BCUT2D eigenvalue weighted by Gasteiger charge is 2.15. The molecule has 0 bridgehead atoms. The Morgan fingerprint density at radius 2 is 2.00 bits per heavy atom. The summed E-state index contributed by atoms with van der Waals surface area (Å²) in [6.07, 6.45) is 5.08. The zero-order valence-corrected chi connectivity index (χ0v) is 11.2. The van der Waals surface area contributed by atoms with Crippen molar-refractivity contribution in [1.29, 1.82) is 0 Å². The van der Waals surface area contributed by atoms with Crippen LogP contribution in [0.4, 0.5) is 5.69 Å². The van der Waals surface area contributed by atoms with E-state index >= 15 is 0 Å². The lowest BCUT2D eigenvalue weighted by Gasteiger charge is -2.16. The number of rotatable bonds is 2. The largest absolute Gasteiger partial charge is 0.360 e. The molecule has 0 amide bonds. The van der Waals surface area contributed by atoms with Crippen molar-refractivity contribution in [2.45, 2.75) is 45.6 Å². The number of hydrogen-bond acceptors (Lipinski definition) is 2. The number of aryl methyl sites for hydroxylation is 2. The molecule has 1 aliphatic carbocycles. The van der Waals surface area contributed by atoms with Gasteiger partial charge in [-0.2, -0.15) is 0 Å². The minimum absolute atomic E-state index is 0.550. The Labute approximate surface area is 108 Å². The molecule has 1 saturated carbocycles. The molecule has 1 aliphatic rings. The normalized spacial score (nSPS) is 15.9. The molecule has 0 unspecified atom stereocenters. The molecule has 2 N–H and O–H groups in total. The average molecular weight is 249 g/mol. The van der Waals surface area contributed by atoms with Gasteiger partial charge in [0.1, 0.15) is 0 Å². The molecule has 2 rings (SSSR count). The molecule has 1 aromatic heterocycles. The van der Waals surface area contributed by atoms with E-state index in [9.17, 15) is 0 Å². The van der Waals surface area contributed by atoms with E-state index in [2.05, 4.69) is 15.6 Å². The van der Waals surface area contributed by atoms with Gasteiger partial charge in [0, 0.05) is 11.7 Å².